The first-order chi connectivity index (χ1) is 13.5. The van der Waals surface area contributed by atoms with E-state index in [1.165, 1.54) is 0 Å². The second-order valence-electron chi connectivity index (χ2n) is 9.22. The molecule has 1 saturated heterocycles. The van der Waals surface area contributed by atoms with Crippen LogP contribution in [0.2, 0.25) is 0 Å². The van der Waals surface area contributed by atoms with Crippen LogP contribution in [0.1, 0.15) is 64.5 Å². The molecule has 2 fully saturated rings. The maximum atomic E-state index is 13.0. The van der Waals surface area contributed by atoms with Crippen LogP contribution >= 0.6 is 0 Å². The molecule has 29 heavy (non-hydrogen) atoms. The van der Waals surface area contributed by atoms with Crippen LogP contribution in [0.15, 0.2) is 24.3 Å². The molecule has 2 N–H and O–H groups in total. The van der Waals surface area contributed by atoms with Crippen LogP contribution in [0.4, 0.5) is 4.79 Å². The molecule has 1 aromatic carbocycles. The van der Waals surface area contributed by atoms with Gasteiger partial charge in [-0.1, -0.05) is 45.0 Å². The zero-order chi connectivity index (χ0) is 21.4. The molecule has 7 heteroatoms. The number of carbonyl (C=O) groups excluding carboxylic acids is 3. The summed E-state index contributed by atoms with van der Waals surface area (Å²) in [7, 11) is 0. The molecule has 1 aliphatic carbocycles. The smallest absolute Gasteiger partial charge is 0.325 e. The topological polar surface area (TPSA) is 102 Å². The average Bonchev–Trinajstić information content (AvgIpc) is 3.21. The minimum Gasteiger partial charge on any atom is -0.336 e. The van der Waals surface area contributed by atoms with Gasteiger partial charge < -0.3 is 10.6 Å². The fourth-order valence-corrected chi connectivity index (χ4v) is 4.03. The van der Waals surface area contributed by atoms with E-state index in [2.05, 4.69) is 37.5 Å². The van der Waals surface area contributed by atoms with Crippen LogP contribution in [-0.4, -0.2) is 34.8 Å². The molecule has 1 heterocycles. The van der Waals surface area contributed by atoms with Crippen LogP contribution < -0.4 is 10.6 Å². The Morgan fingerprint density at radius 3 is 2.31 bits per heavy atom. The van der Waals surface area contributed by atoms with Crippen LogP contribution in [0.25, 0.3) is 0 Å². The van der Waals surface area contributed by atoms with Crippen molar-refractivity contribution in [3.05, 3.63) is 35.4 Å². The lowest BCUT2D eigenvalue weighted by Crippen LogP contribution is -2.50. The number of hydrogen-bond acceptors (Lipinski definition) is 4. The maximum Gasteiger partial charge on any atom is 0.325 e. The Labute approximate surface area is 171 Å². The van der Waals surface area contributed by atoms with Gasteiger partial charge in [0.2, 0.25) is 5.91 Å². The second-order valence-corrected chi connectivity index (χ2v) is 9.22. The van der Waals surface area contributed by atoms with Crippen molar-refractivity contribution in [2.75, 3.05) is 6.54 Å². The Morgan fingerprint density at radius 2 is 1.79 bits per heavy atom. The Bertz CT molecular complexity index is 873. The molecule has 1 aromatic rings. The third-order valence-electron chi connectivity index (χ3n) is 5.95. The lowest BCUT2D eigenvalue weighted by atomic mass is 9.84. The molecule has 1 unspecified atom stereocenters. The predicted octanol–water partition coefficient (Wildman–Crippen LogP) is 2.70. The Balaban J connectivity index is 1.75. The van der Waals surface area contributed by atoms with E-state index in [1.807, 2.05) is 24.3 Å². The molecule has 7 nitrogen and oxygen atoms in total. The van der Waals surface area contributed by atoms with E-state index in [-0.39, 0.29) is 5.41 Å². The number of carbonyl (C=O) groups is 3. The molecule has 0 aromatic heterocycles. The highest BCUT2D eigenvalue weighted by molar-refractivity contribution is 6.09. The lowest BCUT2D eigenvalue weighted by Gasteiger charge is -2.25. The van der Waals surface area contributed by atoms with E-state index in [9.17, 15) is 19.6 Å². The molecule has 3 rings (SSSR count). The van der Waals surface area contributed by atoms with E-state index < -0.39 is 35.5 Å². The monoisotopic (exact) mass is 396 g/mol. The first-order valence-electron chi connectivity index (χ1n) is 9.98. The van der Waals surface area contributed by atoms with Crippen LogP contribution in [0.5, 0.6) is 0 Å². The summed E-state index contributed by atoms with van der Waals surface area (Å²) in [6.07, 6.45) is 2.93. The molecule has 1 aliphatic heterocycles. The summed E-state index contributed by atoms with van der Waals surface area (Å²) in [4.78, 5) is 38.9. The van der Waals surface area contributed by atoms with E-state index >= 15 is 0 Å². The first kappa shape index (κ1) is 20.8. The minimum absolute atomic E-state index is 0.0244. The number of nitrogens with zero attached hydrogens (tertiary/aromatic N) is 2. The molecule has 0 bridgehead atoms. The summed E-state index contributed by atoms with van der Waals surface area (Å²) >= 11 is 0. The average molecular weight is 396 g/mol. The number of nitrogens with one attached hydrogen (secondary N) is 2. The normalized spacial score (nSPS) is 23.6. The predicted molar refractivity (Wildman–Crippen MR) is 108 cm³/mol. The second kappa shape index (κ2) is 7.18. The van der Waals surface area contributed by atoms with Gasteiger partial charge in [-0.15, -0.1) is 0 Å². The first-order valence-corrected chi connectivity index (χ1v) is 9.98. The fourth-order valence-electron chi connectivity index (χ4n) is 4.03. The van der Waals surface area contributed by atoms with Gasteiger partial charge in [0.1, 0.15) is 17.6 Å². The fraction of sp³-hybridized carbons (Fsp3) is 0.545. The van der Waals surface area contributed by atoms with Crippen molar-refractivity contribution in [3.63, 3.8) is 0 Å². The zero-order valence-electron chi connectivity index (χ0n) is 17.5. The van der Waals surface area contributed by atoms with Gasteiger partial charge in [-0.25, -0.2) is 4.79 Å². The Hall–Kier alpha value is -2.88. The molecule has 0 spiro atoms. The standard InChI is InChI=1S/C22H28N4O3/c1-20(2,3)15-7-9-16(10-8-15)21(4)18(28)26(19(29)25-21)13-17(27)24-22(14-23)11-5-6-12-22/h7-10H,5-6,11-13H2,1-4H3,(H,24,27)(H,25,29). The van der Waals surface area contributed by atoms with Gasteiger partial charge >= 0.3 is 6.03 Å². The summed E-state index contributed by atoms with van der Waals surface area (Å²) in [5.74, 6) is -0.970. The largest absolute Gasteiger partial charge is 0.336 e. The summed E-state index contributed by atoms with van der Waals surface area (Å²) < 4.78 is 0. The number of nitriles is 1. The van der Waals surface area contributed by atoms with E-state index in [4.69, 9.17) is 0 Å². The summed E-state index contributed by atoms with van der Waals surface area (Å²) in [5, 5.41) is 14.9. The lowest BCUT2D eigenvalue weighted by molar-refractivity contribution is -0.135. The van der Waals surface area contributed by atoms with Gasteiger partial charge in [0.25, 0.3) is 5.91 Å². The van der Waals surface area contributed by atoms with Crippen molar-refractivity contribution < 1.29 is 14.4 Å². The van der Waals surface area contributed by atoms with Crippen LogP contribution in [-0.2, 0) is 20.5 Å². The van der Waals surface area contributed by atoms with E-state index in [0.29, 0.717) is 18.4 Å². The van der Waals surface area contributed by atoms with Crippen molar-refractivity contribution >= 4 is 17.8 Å². The number of rotatable bonds is 4. The summed E-state index contributed by atoms with van der Waals surface area (Å²) in [6, 6.07) is 9.15. The van der Waals surface area contributed by atoms with E-state index in [1.54, 1.807) is 6.92 Å². The number of amides is 4. The van der Waals surface area contributed by atoms with Gasteiger partial charge in [0, 0.05) is 0 Å². The Kier molecular flexibility index (Phi) is 5.16. The van der Waals surface area contributed by atoms with Gasteiger partial charge in [0.05, 0.1) is 6.07 Å². The zero-order valence-corrected chi connectivity index (χ0v) is 17.5. The van der Waals surface area contributed by atoms with Gasteiger partial charge in [-0.3, -0.25) is 14.5 Å². The molecule has 4 amide bonds. The quantitative estimate of drug-likeness (QED) is 0.764. The highest BCUT2D eigenvalue weighted by Gasteiger charge is 2.50. The number of benzene rings is 1. The Morgan fingerprint density at radius 1 is 1.21 bits per heavy atom. The summed E-state index contributed by atoms with van der Waals surface area (Å²) in [5.41, 5.74) is -0.354. The third kappa shape index (κ3) is 3.84. The maximum absolute atomic E-state index is 13.0. The van der Waals surface area contributed by atoms with E-state index in [0.717, 1.165) is 23.3 Å². The van der Waals surface area contributed by atoms with Crippen molar-refractivity contribution in [2.24, 2.45) is 0 Å². The molecular formula is C22H28N4O3. The molecule has 1 saturated carbocycles. The van der Waals surface area contributed by atoms with Gasteiger partial charge in [-0.2, -0.15) is 5.26 Å². The highest BCUT2D eigenvalue weighted by atomic mass is 16.2. The highest BCUT2D eigenvalue weighted by Crippen LogP contribution is 2.32. The van der Waals surface area contributed by atoms with Gasteiger partial charge in [-0.05, 0) is 49.1 Å². The number of urea groups is 1. The number of hydrogen-bond donors (Lipinski definition) is 2. The van der Waals surface area contributed by atoms with Crippen molar-refractivity contribution in [1.82, 2.24) is 15.5 Å². The van der Waals surface area contributed by atoms with Gasteiger partial charge in [0.15, 0.2) is 0 Å². The molecule has 2 aliphatic rings. The van der Waals surface area contributed by atoms with Crippen molar-refractivity contribution in [2.45, 2.75) is 69.9 Å². The number of imide groups is 1. The van der Waals surface area contributed by atoms with Crippen LogP contribution in [0, 0.1) is 11.3 Å². The molecule has 0 radical (unpaired) electrons. The molecule has 1 atom stereocenters. The molecular weight excluding hydrogens is 368 g/mol. The van der Waals surface area contributed by atoms with Crippen LogP contribution in [0.3, 0.4) is 0 Å². The summed E-state index contributed by atoms with van der Waals surface area (Å²) in [6.45, 7) is 7.55. The third-order valence-corrected chi connectivity index (χ3v) is 5.95. The van der Waals surface area contributed by atoms with Crippen molar-refractivity contribution in [1.29, 1.82) is 5.26 Å². The molecule has 154 valence electrons. The SMILES string of the molecule is CC(C)(C)c1ccc(C2(C)NC(=O)N(CC(=O)NC3(C#N)CCCC3)C2=O)cc1. The minimum atomic E-state index is -1.23. The van der Waals surface area contributed by atoms with Crippen molar-refractivity contribution in [3.8, 4) is 6.07 Å².